The summed E-state index contributed by atoms with van der Waals surface area (Å²) in [6, 6.07) is 7.23. The predicted octanol–water partition coefficient (Wildman–Crippen LogP) is 4.49. The van der Waals surface area contributed by atoms with Crippen molar-refractivity contribution >= 4 is 46.2 Å². The molecule has 1 heterocycles. The number of nitrogens with zero attached hydrogens (tertiary/aromatic N) is 2. The third kappa shape index (κ3) is 3.00. The van der Waals surface area contributed by atoms with Gasteiger partial charge in [-0.05, 0) is 24.6 Å². The largest absolute Gasteiger partial charge is 0.352 e. The molecule has 0 spiro atoms. The van der Waals surface area contributed by atoms with Crippen LogP contribution in [0.4, 0.5) is 11.4 Å². The predicted molar refractivity (Wildman–Crippen MR) is 71.5 cm³/mol. The third-order valence-electron chi connectivity index (χ3n) is 2.11. The van der Waals surface area contributed by atoms with Crippen LogP contribution in [0.15, 0.2) is 24.3 Å². The van der Waals surface area contributed by atoms with Crippen LogP contribution in [0, 0.1) is 6.92 Å². The maximum atomic E-state index is 6.06. The second-order valence-electron chi connectivity index (χ2n) is 3.48. The topological polar surface area (TPSA) is 37.8 Å². The van der Waals surface area contributed by atoms with Gasteiger partial charge in [-0.15, -0.1) is 10.2 Å². The standard InChI is InChI=1S/C11H8Cl3N3/c1-6-2-3-7(12)8(4-6)15-9-5-10(13)16-17-11(9)14/h2-5H,1H3,(H,15,16). The average molecular weight is 289 g/mol. The van der Waals surface area contributed by atoms with E-state index in [0.29, 0.717) is 10.7 Å². The van der Waals surface area contributed by atoms with Crippen molar-refractivity contribution in [2.45, 2.75) is 6.92 Å². The zero-order valence-corrected chi connectivity index (χ0v) is 11.1. The van der Waals surface area contributed by atoms with E-state index in [9.17, 15) is 0 Å². The lowest BCUT2D eigenvalue weighted by Crippen LogP contribution is -1.96. The van der Waals surface area contributed by atoms with Crippen LogP contribution in [0.5, 0.6) is 0 Å². The smallest absolute Gasteiger partial charge is 0.175 e. The maximum absolute atomic E-state index is 6.06. The summed E-state index contributed by atoms with van der Waals surface area (Å²) in [6.45, 7) is 1.97. The van der Waals surface area contributed by atoms with E-state index in [4.69, 9.17) is 34.8 Å². The Morgan fingerprint density at radius 3 is 2.53 bits per heavy atom. The summed E-state index contributed by atoms with van der Waals surface area (Å²) in [7, 11) is 0. The van der Waals surface area contributed by atoms with E-state index >= 15 is 0 Å². The van der Waals surface area contributed by atoms with Crippen LogP contribution in [-0.2, 0) is 0 Å². The number of halogens is 3. The Labute approximate surface area is 114 Å². The molecule has 6 heteroatoms. The van der Waals surface area contributed by atoms with Gasteiger partial charge in [0.25, 0.3) is 0 Å². The van der Waals surface area contributed by atoms with Crippen molar-refractivity contribution in [2.24, 2.45) is 0 Å². The number of aromatic nitrogens is 2. The van der Waals surface area contributed by atoms with Crippen molar-refractivity contribution in [2.75, 3.05) is 5.32 Å². The summed E-state index contributed by atoms with van der Waals surface area (Å²) in [6.07, 6.45) is 0. The molecule has 88 valence electrons. The van der Waals surface area contributed by atoms with Gasteiger partial charge in [-0.3, -0.25) is 0 Å². The van der Waals surface area contributed by atoms with Gasteiger partial charge in [-0.1, -0.05) is 40.9 Å². The summed E-state index contributed by atoms with van der Waals surface area (Å²) in [4.78, 5) is 0. The molecule has 0 amide bonds. The van der Waals surface area contributed by atoms with E-state index in [1.807, 2.05) is 25.1 Å². The molecular weight excluding hydrogens is 281 g/mol. The Hall–Kier alpha value is -1.03. The number of benzene rings is 1. The van der Waals surface area contributed by atoms with E-state index in [2.05, 4.69) is 15.5 Å². The van der Waals surface area contributed by atoms with Crippen LogP contribution in [0.1, 0.15) is 5.56 Å². The number of hydrogen-bond donors (Lipinski definition) is 1. The summed E-state index contributed by atoms with van der Waals surface area (Å²) >= 11 is 17.7. The Balaban J connectivity index is 2.37. The first-order chi connectivity index (χ1) is 8.06. The lowest BCUT2D eigenvalue weighted by molar-refractivity contribution is 1.03. The minimum Gasteiger partial charge on any atom is -0.352 e. The highest BCUT2D eigenvalue weighted by molar-refractivity contribution is 6.35. The molecule has 0 atom stereocenters. The molecule has 1 aromatic heterocycles. The summed E-state index contributed by atoms with van der Waals surface area (Å²) in [5, 5.41) is 11.5. The van der Waals surface area contributed by atoms with Gasteiger partial charge in [0.05, 0.1) is 16.4 Å². The van der Waals surface area contributed by atoms with Crippen molar-refractivity contribution in [3.63, 3.8) is 0 Å². The van der Waals surface area contributed by atoms with Crippen molar-refractivity contribution < 1.29 is 0 Å². The van der Waals surface area contributed by atoms with Crippen LogP contribution >= 0.6 is 34.8 Å². The van der Waals surface area contributed by atoms with Gasteiger partial charge in [-0.2, -0.15) is 0 Å². The molecule has 0 aliphatic rings. The molecule has 0 radical (unpaired) electrons. The quantitative estimate of drug-likeness (QED) is 0.885. The molecule has 0 saturated heterocycles. The van der Waals surface area contributed by atoms with Gasteiger partial charge in [0.1, 0.15) is 0 Å². The number of aryl methyl sites for hydroxylation is 1. The van der Waals surface area contributed by atoms with Gasteiger partial charge >= 0.3 is 0 Å². The molecule has 2 rings (SSSR count). The average Bonchev–Trinajstić information content (AvgIpc) is 2.28. The minimum absolute atomic E-state index is 0.243. The molecule has 17 heavy (non-hydrogen) atoms. The van der Waals surface area contributed by atoms with E-state index < -0.39 is 0 Å². The van der Waals surface area contributed by atoms with E-state index in [-0.39, 0.29) is 10.3 Å². The first-order valence-electron chi connectivity index (χ1n) is 4.78. The summed E-state index contributed by atoms with van der Waals surface area (Å²) in [5.74, 6) is 0. The zero-order valence-electron chi connectivity index (χ0n) is 8.84. The van der Waals surface area contributed by atoms with Crippen LogP contribution in [0.3, 0.4) is 0 Å². The highest BCUT2D eigenvalue weighted by Crippen LogP contribution is 2.29. The molecule has 0 saturated carbocycles. The normalized spacial score (nSPS) is 10.4. The number of anilines is 2. The van der Waals surface area contributed by atoms with Gasteiger partial charge in [0.2, 0.25) is 0 Å². The maximum Gasteiger partial charge on any atom is 0.175 e. The highest BCUT2D eigenvalue weighted by atomic mass is 35.5. The van der Waals surface area contributed by atoms with E-state index in [1.165, 1.54) is 0 Å². The van der Waals surface area contributed by atoms with E-state index in [0.717, 1.165) is 11.3 Å². The lowest BCUT2D eigenvalue weighted by Gasteiger charge is -2.10. The Morgan fingerprint density at radius 1 is 1.00 bits per heavy atom. The fourth-order valence-corrected chi connectivity index (χ4v) is 1.77. The Bertz CT molecular complexity index is 508. The molecule has 0 aliphatic carbocycles. The first-order valence-corrected chi connectivity index (χ1v) is 5.91. The van der Waals surface area contributed by atoms with Crippen LogP contribution < -0.4 is 5.32 Å². The molecule has 2 aromatic rings. The highest BCUT2D eigenvalue weighted by Gasteiger charge is 2.07. The molecule has 0 fully saturated rings. The van der Waals surface area contributed by atoms with Gasteiger partial charge in [-0.25, -0.2) is 0 Å². The number of rotatable bonds is 2. The Morgan fingerprint density at radius 2 is 1.76 bits per heavy atom. The SMILES string of the molecule is Cc1ccc(Cl)c(Nc2cc(Cl)nnc2Cl)c1. The number of nitrogens with one attached hydrogen (secondary N) is 1. The van der Waals surface area contributed by atoms with Crippen LogP contribution in [0.2, 0.25) is 15.3 Å². The Kier molecular flexibility index (Phi) is 3.72. The van der Waals surface area contributed by atoms with Gasteiger partial charge in [0.15, 0.2) is 10.3 Å². The summed E-state index contributed by atoms with van der Waals surface area (Å²) in [5.41, 5.74) is 2.40. The van der Waals surface area contributed by atoms with Crippen LogP contribution in [0.25, 0.3) is 0 Å². The molecule has 1 N–H and O–H groups in total. The van der Waals surface area contributed by atoms with Crippen LogP contribution in [-0.4, -0.2) is 10.2 Å². The first kappa shape index (κ1) is 12.4. The van der Waals surface area contributed by atoms with Gasteiger partial charge < -0.3 is 5.32 Å². The fraction of sp³-hybridized carbons (Fsp3) is 0.0909. The van der Waals surface area contributed by atoms with Crippen molar-refractivity contribution in [1.29, 1.82) is 0 Å². The zero-order chi connectivity index (χ0) is 12.4. The summed E-state index contributed by atoms with van der Waals surface area (Å²) < 4.78 is 0. The minimum atomic E-state index is 0.243. The fourth-order valence-electron chi connectivity index (χ4n) is 1.32. The van der Waals surface area contributed by atoms with Crippen molar-refractivity contribution in [3.05, 3.63) is 45.2 Å². The second-order valence-corrected chi connectivity index (χ2v) is 4.63. The van der Waals surface area contributed by atoms with Crippen molar-refractivity contribution in [1.82, 2.24) is 10.2 Å². The third-order valence-corrected chi connectivity index (χ3v) is 2.90. The molecule has 0 aliphatic heterocycles. The lowest BCUT2D eigenvalue weighted by atomic mass is 10.2. The van der Waals surface area contributed by atoms with Crippen molar-refractivity contribution in [3.8, 4) is 0 Å². The van der Waals surface area contributed by atoms with Gasteiger partial charge in [0, 0.05) is 6.07 Å². The monoisotopic (exact) mass is 287 g/mol. The number of hydrogen-bond acceptors (Lipinski definition) is 3. The molecule has 1 aromatic carbocycles. The second kappa shape index (κ2) is 5.08. The molecule has 0 unspecified atom stereocenters. The molecule has 3 nitrogen and oxygen atoms in total. The molecular formula is C11H8Cl3N3. The van der Waals surface area contributed by atoms with E-state index in [1.54, 1.807) is 6.07 Å². The molecule has 0 bridgehead atoms.